The third-order valence-electron chi connectivity index (χ3n) is 6.32. The van der Waals surface area contributed by atoms with Crippen LogP contribution in [0.15, 0.2) is 48.5 Å². The number of likely N-dealkylation sites (N-methyl/N-ethyl adjacent to an activating group) is 1. The monoisotopic (exact) mass is 512 g/mol. The van der Waals surface area contributed by atoms with E-state index in [9.17, 15) is 14.4 Å². The van der Waals surface area contributed by atoms with E-state index >= 15 is 0 Å². The van der Waals surface area contributed by atoms with Gasteiger partial charge in [-0.2, -0.15) is 0 Å². The highest BCUT2D eigenvalue weighted by atomic mass is 16.5. The molecule has 3 rings (SSSR count). The van der Waals surface area contributed by atoms with Crippen LogP contribution in [-0.4, -0.2) is 87.4 Å². The average molecular weight is 513 g/mol. The van der Waals surface area contributed by atoms with Gasteiger partial charge in [-0.15, -0.1) is 0 Å². The van der Waals surface area contributed by atoms with Crippen LogP contribution in [0.25, 0.3) is 0 Å². The van der Waals surface area contributed by atoms with Gasteiger partial charge >= 0.3 is 6.03 Å². The molecule has 0 spiro atoms. The Morgan fingerprint density at radius 2 is 1.73 bits per heavy atom. The van der Waals surface area contributed by atoms with Crippen molar-refractivity contribution in [3.8, 4) is 5.75 Å². The maximum Gasteiger partial charge on any atom is 0.323 e. The van der Waals surface area contributed by atoms with Crippen LogP contribution in [-0.2, 0) is 14.3 Å². The first kappa shape index (κ1) is 27.9. The Morgan fingerprint density at radius 3 is 2.41 bits per heavy atom. The molecule has 0 fully saturated rings. The number of hydrogen-bond acceptors (Lipinski definition) is 6. The van der Waals surface area contributed by atoms with Crippen molar-refractivity contribution in [2.45, 2.75) is 26.0 Å². The molecule has 2 aromatic carbocycles. The molecular formula is C27H36N4O6. The van der Waals surface area contributed by atoms with E-state index in [4.69, 9.17) is 14.2 Å². The van der Waals surface area contributed by atoms with E-state index in [1.165, 1.54) is 7.11 Å². The van der Waals surface area contributed by atoms with Crippen LogP contribution in [0.4, 0.5) is 16.2 Å². The molecule has 10 heteroatoms. The standard InChI is InChI=1S/C27H36N4O6/c1-18-14-31(25(32)17-35-4)19(2)16-37-23-13-21(29-27(34)28-20-9-7-6-8-10-20)11-12-22(23)26(33)30(3)15-24(18)36-5/h6-13,18-19,24H,14-17H2,1-5H3,(H2,28,29,34)/t18-,19+,24+/m0/s1. The number of para-hydroxylation sites is 1. The molecular weight excluding hydrogens is 476 g/mol. The van der Waals surface area contributed by atoms with Crippen molar-refractivity contribution in [1.82, 2.24) is 9.80 Å². The number of urea groups is 1. The van der Waals surface area contributed by atoms with E-state index in [-0.39, 0.29) is 43.1 Å². The maximum absolute atomic E-state index is 13.3. The summed E-state index contributed by atoms with van der Waals surface area (Å²) in [5.74, 6) is -0.125. The van der Waals surface area contributed by atoms with Gasteiger partial charge in [-0.1, -0.05) is 25.1 Å². The minimum atomic E-state index is -0.427. The highest BCUT2D eigenvalue weighted by molar-refractivity contribution is 6.01. The molecule has 0 saturated carbocycles. The highest BCUT2D eigenvalue weighted by Crippen LogP contribution is 2.27. The number of anilines is 2. The molecule has 0 unspecified atom stereocenters. The fourth-order valence-electron chi connectivity index (χ4n) is 4.22. The van der Waals surface area contributed by atoms with Gasteiger partial charge in [0.15, 0.2) is 0 Å². The fraction of sp³-hybridized carbons (Fsp3) is 0.444. The van der Waals surface area contributed by atoms with Gasteiger partial charge in [0.1, 0.15) is 19.0 Å². The van der Waals surface area contributed by atoms with E-state index < -0.39 is 6.03 Å². The Labute approximate surface area is 217 Å². The largest absolute Gasteiger partial charge is 0.491 e. The summed E-state index contributed by atoms with van der Waals surface area (Å²) >= 11 is 0. The van der Waals surface area contributed by atoms with Crippen LogP contribution in [0.3, 0.4) is 0 Å². The molecule has 0 saturated heterocycles. The summed E-state index contributed by atoms with van der Waals surface area (Å²) in [5, 5.41) is 5.53. The smallest absolute Gasteiger partial charge is 0.323 e. The number of carbonyl (C=O) groups is 3. The molecule has 37 heavy (non-hydrogen) atoms. The minimum Gasteiger partial charge on any atom is -0.491 e. The fourth-order valence-corrected chi connectivity index (χ4v) is 4.22. The van der Waals surface area contributed by atoms with E-state index in [1.807, 2.05) is 32.0 Å². The molecule has 200 valence electrons. The molecule has 3 atom stereocenters. The Kier molecular flexibility index (Phi) is 9.87. The molecule has 4 amide bonds. The average Bonchev–Trinajstić information content (AvgIpc) is 2.88. The maximum atomic E-state index is 13.3. The minimum absolute atomic E-state index is 0.0443. The Balaban J connectivity index is 1.89. The lowest BCUT2D eigenvalue weighted by Crippen LogP contribution is -2.49. The predicted molar refractivity (Wildman–Crippen MR) is 141 cm³/mol. The number of rotatable bonds is 5. The van der Waals surface area contributed by atoms with Crippen molar-refractivity contribution in [1.29, 1.82) is 0 Å². The number of amides is 4. The zero-order chi connectivity index (χ0) is 26.9. The number of nitrogens with zero attached hydrogens (tertiary/aromatic N) is 2. The predicted octanol–water partition coefficient (Wildman–Crippen LogP) is 3.31. The zero-order valence-electron chi connectivity index (χ0n) is 22.0. The van der Waals surface area contributed by atoms with Gasteiger partial charge in [-0.05, 0) is 31.2 Å². The molecule has 1 aliphatic heterocycles. The molecule has 0 bridgehead atoms. The molecule has 2 N–H and O–H groups in total. The zero-order valence-corrected chi connectivity index (χ0v) is 22.0. The van der Waals surface area contributed by atoms with Crippen molar-refractivity contribution in [2.24, 2.45) is 5.92 Å². The second kappa shape index (κ2) is 13.1. The Morgan fingerprint density at radius 1 is 1.03 bits per heavy atom. The van der Waals surface area contributed by atoms with E-state index in [0.29, 0.717) is 35.8 Å². The number of methoxy groups -OCH3 is 2. The number of benzene rings is 2. The van der Waals surface area contributed by atoms with Crippen molar-refractivity contribution in [3.05, 3.63) is 54.1 Å². The lowest BCUT2D eigenvalue weighted by molar-refractivity contribution is -0.139. The van der Waals surface area contributed by atoms with Crippen LogP contribution in [0.2, 0.25) is 0 Å². The SMILES string of the molecule is COCC(=O)N1C[C@H](C)[C@H](OC)CN(C)C(=O)c2ccc(NC(=O)Nc3ccccc3)cc2OC[C@H]1C. The topological polar surface area (TPSA) is 109 Å². The summed E-state index contributed by atoms with van der Waals surface area (Å²) < 4.78 is 16.9. The van der Waals surface area contributed by atoms with Crippen LogP contribution < -0.4 is 15.4 Å². The number of ether oxygens (including phenoxy) is 3. The third kappa shape index (κ3) is 7.43. The first-order valence-corrected chi connectivity index (χ1v) is 12.2. The highest BCUT2D eigenvalue weighted by Gasteiger charge is 2.30. The number of nitrogens with one attached hydrogen (secondary N) is 2. The van der Waals surface area contributed by atoms with Crippen molar-refractivity contribution < 1.29 is 28.6 Å². The number of carbonyl (C=O) groups excluding carboxylic acids is 3. The molecule has 0 aliphatic carbocycles. The van der Waals surface area contributed by atoms with Crippen molar-refractivity contribution in [2.75, 3.05) is 58.2 Å². The van der Waals surface area contributed by atoms with Crippen LogP contribution in [0, 0.1) is 5.92 Å². The molecule has 0 aromatic heterocycles. The second-order valence-electron chi connectivity index (χ2n) is 9.23. The van der Waals surface area contributed by atoms with Gasteiger partial charge < -0.3 is 34.6 Å². The summed E-state index contributed by atoms with van der Waals surface area (Å²) in [6.07, 6.45) is -0.287. The van der Waals surface area contributed by atoms with Crippen molar-refractivity contribution >= 4 is 29.2 Å². The first-order chi connectivity index (χ1) is 17.7. The molecule has 0 radical (unpaired) electrons. The Hall–Kier alpha value is -3.63. The van der Waals surface area contributed by atoms with Gasteiger partial charge in [0.05, 0.1) is 17.7 Å². The van der Waals surface area contributed by atoms with Crippen LogP contribution >= 0.6 is 0 Å². The lowest BCUT2D eigenvalue weighted by atomic mass is 10.0. The van der Waals surface area contributed by atoms with Crippen molar-refractivity contribution in [3.63, 3.8) is 0 Å². The summed E-state index contributed by atoms with van der Waals surface area (Å²) in [5.41, 5.74) is 1.45. The quantitative estimate of drug-likeness (QED) is 0.636. The summed E-state index contributed by atoms with van der Waals surface area (Å²) in [7, 11) is 4.79. The number of fused-ring (bicyclic) bond motifs is 1. The summed E-state index contributed by atoms with van der Waals surface area (Å²) in [6.45, 7) is 4.72. The lowest BCUT2D eigenvalue weighted by Gasteiger charge is -2.36. The second-order valence-corrected chi connectivity index (χ2v) is 9.23. The van der Waals surface area contributed by atoms with Crippen LogP contribution in [0.5, 0.6) is 5.75 Å². The molecule has 2 aromatic rings. The molecule has 1 aliphatic rings. The van der Waals surface area contributed by atoms with E-state index in [2.05, 4.69) is 10.6 Å². The number of hydrogen-bond donors (Lipinski definition) is 2. The van der Waals surface area contributed by atoms with Gasteiger partial charge in [0, 0.05) is 57.7 Å². The first-order valence-electron chi connectivity index (χ1n) is 12.2. The Bertz CT molecular complexity index is 1080. The van der Waals surface area contributed by atoms with Gasteiger partial charge in [0.2, 0.25) is 5.91 Å². The summed E-state index contributed by atoms with van der Waals surface area (Å²) in [4.78, 5) is 42.0. The summed E-state index contributed by atoms with van der Waals surface area (Å²) in [6, 6.07) is 13.2. The van der Waals surface area contributed by atoms with Gasteiger partial charge in [-0.3, -0.25) is 9.59 Å². The van der Waals surface area contributed by atoms with E-state index in [0.717, 1.165) is 0 Å². The van der Waals surface area contributed by atoms with Gasteiger partial charge in [-0.25, -0.2) is 4.79 Å². The van der Waals surface area contributed by atoms with Crippen LogP contribution in [0.1, 0.15) is 24.2 Å². The third-order valence-corrected chi connectivity index (χ3v) is 6.32. The molecule has 1 heterocycles. The van der Waals surface area contributed by atoms with Gasteiger partial charge in [0.25, 0.3) is 5.91 Å². The molecule has 10 nitrogen and oxygen atoms in total. The normalized spacial score (nSPS) is 20.7. The van der Waals surface area contributed by atoms with E-state index in [1.54, 1.807) is 54.3 Å².